The van der Waals surface area contributed by atoms with E-state index in [0.717, 1.165) is 25.0 Å². The fourth-order valence-corrected chi connectivity index (χ4v) is 2.43. The van der Waals surface area contributed by atoms with Crippen molar-refractivity contribution in [1.29, 1.82) is 0 Å². The van der Waals surface area contributed by atoms with Crippen molar-refractivity contribution in [2.24, 2.45) is 11.7 Å². The monoisotopic (exact) mass is 286 g/mol. The maximum atomic E-state index is 12.8. The number of amides is 1. The summed E-state index contributed by atoms with van der Waals surface area (Å²) in [4.78, 5) is 13.2. The Hall–Kier alpha value is -1.72. The normalized spacial score (nSPS) is 17.3. The molecule has 1 aromatic rings. The first-order valence-electron chi connectivity index (χ1n) is 6.55. The summed E-state index contributed by atoms with van der Waals surface area (Å²) in [6.07, 6.45) is -2.63. The minimum Gasteiger partial charge on any atom is -0.371 e. The van der Waals surface area contributed by atoms with Crippen molar-refractivity contribution in [2.45, 2.75) is 25.9 Å². The number of halogens is 3. The molecule has 1 heterocycles. The average molecular weight is 286 g/mol. The van der Waals surface area contributed by atoms with Crippen molar-refractivity contribution in [2.75, 3.05) is 18.0 Å². The van der Waals surface area contributed by atoms with E-state index in [0.29, 0.717) is 24.7 Å². The van der Waals surface area contributed by atoms with Gasteiger partial charge < -0.3 is 10.6 Å². The average Bonchev–Trinajstić information content (AvgIpc) is 2.37. The molecule has 110 valence electrons. The molecule has 6 heteroatoms. The number of benzene rings is 1. The third-order valence-corrected chi connectivity index (χ3v) is 3.71. The van der Waals surface area contributed by atoms with E-state index in [-0.39, 0.29) is 5.56 Å². The lowest BCUT2D eigenvalue weighted by Crippen LogP contribution is -2.34. The number of hydrogen-bond acceptors (Lipinski definition) is 2. The molecule has 2 N–H and O–H groups in total. The summed E-state index contributed by atoms with van der Waals surface area (Å²) in [6, 6.07) is 3.09. The predicted octanol–water partition coefficient (Wildman–Crippen LogP) is 3.04. The zero-order valence-electron chi connectivity index (χ0n) is 11.2. The third kappa shape index (κ3) is 3.05. The van der Waals surface area contributed by atoms with Crippen LogP contribution in [0.4, 0.5) is 18.9 Å². The summed E-state index contributed by atoms with van der Waals surface area (Å²) in [6.45, 7) is 3.39. The molecule has 20 heavy (non-hydrogen) atoms. The number of anilines is 1. The highest BCUT2D eigenvalue weighted by molar-refractivity contribution is 5.98. The standard InChI is InChI=1S/C14H17F3N2O/c1-9-4-6-19(7-5-9)12-8-10(14(15,16)17)2-3-11(12)13(18)20/h2-3,8-9H,4-7H2,1H3,(H2,18,20). The molecule has 1 aliphatic heterocycles. The molecule has 3 nitrogen and oxygen atoms in total. The van der Waals surface area contributed by atoms with Gasteiger partial charge in [-0.05, 0) is 37.0 Å². The number of rotatable bonds is 2. The molecule has 0 aromatic heterocycles. The highest BCUT2D eigenvalue weighted by atomic mass is 19.4. The van der Waals surface area contributed by atoms with Crippen molar-refractivity contribution < 1.29 is 18.0 Å². The van der Waals surface area contributed by atoms with E-state index in [2.05, 4.69) is 6.92 Å². The van der Waals surface area contributed by atoms with Crippen LogP contribution in [0, 0.1) is 5.92 Å². The van der Waals surface area contributed by atoms with Crippen LogP contribution in [-0.2, 0) is 6.18 Å². The third-order valence-electron chi connectivity index (χ3n) is 3.71. The summed E-state index contributed by atoms with van der Waals surface area (Å²) in [7, 11) is 0. The summed E-state index contributed by atoms with van der Waals surface area (Å²) in [5.74, 6) is -0.151. The van der Waals surface area contributed by atoms with Crippen molar-refractivity contribution in [3.8, 4) is 0 Å². The van der Waals surface area contributed by atoms with Gasteiger partial charge in [0.15, 0.2) is 0 Å². The zero-order chi connectivity index (χ0) is 14.9. The molecule has 1 aromatic carbocycles. The second-order valence-electron chi connectivity index (χ2n) is 5.26. The van der Waals surface area contributed by atoms with Crippen LogP contribution in [0.5, 0.6) is 0 Å². The fraction of sp³-hybridized carbons (Fsp3) is 0.500. The van der Waals surface area contributed by atoms with Crippen LogP contribution in [0.15, 0.2) is 18.2 Å². The number of carbonyl (C=O) groups excluding carboxylic acids is 1. The quantitative estimate of drug-likeness (QED) is 0.908. The van der Waals surface area contributed by atoms with Gasteiger partial charge in [0.05, 0.1) is 16.8 Å². The smallest absolute Gasteiger partial charge is 0.371 e. The lowest BCUT2D eigenvalue weighted by Gasteiger charge is -2.33. The Kier molecular flexibility index (Phi) is 3.92. The molecule has 0 saturated carbocycles. The highest BCUT2D eigenvalue weighted by Crippen LogP contribution is 2.34. The number of hydrogen-bond donors (Lipinski definition) is 1. The number of nitrogens with two attached hydrogens (primary N) is 1. The molecule has 1 aliphatic rings. The van der Waals surface area contributed by atoms with E-state index in [1.165, 1.54) is 6.07 Å². The number of piperidine rings is 1. The van der Waals surface area contributed by atoms with Crippen molar-refractivity contribution in [1.82, 2.24) is 0 Å². The molecule has 2 rings (SSSR count). The molecule has 0 aliphatic carbocycles. The lowest BCUT2D eigenvalue weighted by atomic mass is 9.97. The Labute approximate surface area is 115 Å². The minimum atomic E-state index is -4.42. The first kappa shape index (κ1) is 14.7. The predicted molar refractivity (Wildman–Crippen MR) is 70.6 cm³/mol. The number of primary amides is 1. The second kappa shape index (κ2) is 5.34. The maximum absolute atomic E-state index is 12.8. The van der Waals surface area contributed by atoms with E-state index in [9.17, 15) is 18.0 Å². The van der Waals surface area contributed by atoms with Crippen LogP contribution >= 0.6 is 0 Å². The fourth-order valence-electron chi connectivity index (χ4n) is 2.43. The molecule has 0 unspecified atom stereocenters. The van der Waals surface area contributed by atoms with E-state index >= 15 is 0 Å². The van der Waals surface area contributed by atoms with Gasteiger partial charge in [0.2, 0.25) is 0 Å². The molecule has 0 bridgehead atoms. The largest absolute Gasteiger partial charge is 0.416 e. The van der Waals surface area contributed by atoms with Crippen LogP contribution in [0.3, 0.4) is 0 Å². The van der Waals surface area contributed by atoms with Gasteiger partial charge in [0, 0.05) is 13.1 Å². The van der Waals surface area contributed by atoms with Gasteiger partial charge in [-0.2, -0.15) is 13.2 Å². The first-order valence-corrected chi connectivity index (χ1v) is 6.55. The Morgan fingerprint density at radius 2 is 1.90 bits per heavy atom. The molecule has 0 spiro atoms. The summed E-state index contributed by atoms with van der Waals surface area (Å²) in [5.41, 5.74) is 4.94. The molecular formula is C14H17F3N2O. The van der Waals surface area contributed by atoms with E-state index in [1.807, 2.05) is 4.90 Å². The highest BCUT2D eigenvalue weighted by Gasteiger charge is 2.32. The number of alkyl halides is 3. The number of carbonyl (C=O) groups is 1. The Bertz CT molecular complexity index is 506. The molecule has 0 atom stereocenters. The van der Waals surface area contributed by atoms with Crippen molar-refractivity contribution >= 4 is 11.6 Å². The van der Waals surface area contributed by atoms with Gasteiger partial charge in [-0.1, -0.05) is 6.92 Å². The Balaban J connectivity index is 2.39. The summed E-state index contributed by atoms with van der Waals surface area (Å²) in [5, 5.41) is 0. The van der Waals surface area contributed by atoms with E-state index < -0.39 is 17.6 Å². The Morgan fingerprint density at radius 3 is 2.40 bits per heavy atom. The second-order valence-corrected chi connectivity index (χ2v) is 5.26. The molecule has 0 radical (unpaired) electrons. The van der Waals surface area contributed by atoms with Crippen LogP contribution in [0.1, 0.15) is 35.7 Å². The van der Waals surface area contributed by atoms with Crippen LogP contribution < -0.4 is 10.6 Å². The molecular weight excluding hydrogens is 269 g/mol. The molecule has 1 fully saturated rings. The topological polar surface area (TPSA) is 46.3 Å². The SMILES string of the molecule is CC1CCN(c2cc(C(F)(F)F)ccc2C(N)=O)CC1. The van der Waals surface area contributed by atoms with Gasteiger partial charge in [-0.15, -0.1) is 0 Å². The molecule has 1 saturated heterocycles. The zero-order valence-corrected chi connectivity index (χ0v) is 11.2. The summed E-state index contributed by atoms with van der Waals surface area (Å²) >= 11 is 0. The van der Waals surface area contributed by atoms with Crippen LogP contribution in [0.25, 0.3) is 0 Å². The van der Waals surface area contributed by atoms with E-state index in [1.54, 1.807) is 0 Å². The maximum Gasteiger partial charge on any atom is 0.416 e. The van der Waals surface area contributed by atoms with Crippen LogP contribution in [-0.4, -0.2) is 19.0 Å². The van der Waals surface area contributed by atoms with Gasteiger partial charge in [0.1, 0.15) is 0 Å². The van der Waals surface area contributed by atoms with Gasteiger partial charge in [-0.3, -0.25) is 4.79 Å². The van der Waals surface area contributed by atoms with Crippen molar-refractivity contribution in [3.05, 3.63) is 29.3 Å². The van der Waals surface area contributed by atoms with Crippen molar-refractivity contribution in [3.63, 3.8) is 0 Å². The van der Waals surface area contributed by atoms with Gasteiger partial charge in [0.25, 0.3) is 5.91 Å². The molecule has 1 amide bonds. The van der Waals surface area contributed by atoms with Crippen LogP contribution in [0.2, 0.25) is 0 Å². The first-order chi connectivity index (χ1) is 9.29. The van der Waals surface area contributed by atoms with Gasteiger partial charge >= 0.3 is 6.18 Å². The summed E-state index contributed by atoms with van der Waals surface area (Å²) < 4.78 is 38.4. The van der Waals surface area contributed by atoms with Gasteiger partial charge in [-0.25, -0.2) is 0 Å². The Morgan fingerprint density at radius 1 is 1.30 bits per heavy atom. The number of nitrogens with zero attached hydrogens (tertiary/aromatic N) is 1. The lowest BCUT2D eigenvalue weighted by molar-refractivity contribution is -0.137. The van der Waals surface area contributed by atoms with E-state index in [4.69, 9.17) is 5.73 Å². The minimum absolute atomic E-state index is 0.146.